The van der Waals surface area contributed by atoms with Gasteiger partial charge in [0.25, 0.3) is 0 Å². The van der Waals surface area contributed by atoms with E-state index in [1.807, 2.05) is 6.92 Å². The number of halogens is 2. The van der Waals surface area contributed by atoms with Gasteiger partial charge in [-0.25, -0.2) is 4.68 Å². The Kier molecular flexibility index (Phi) is 4.14. The molecule has 0 unspecified atom stereocenters. The van der Waals surface area contributed by atoms with Crippen LogP contribution in [-0.4, -0.2) is 20.8 Å². The first kappa shape index (κ1) is 13.2. The Morgan fingerprint density at radius 1 is 1.50 bits per heavy atom. The number of benzene rings is 1. The Morgan fingerprint density at radius 2 is 2.28 bits per heavy atom. The standard InChI is InChI=1S/C12H11BrClN3O/c1-2-5-17-11(7-15-16-17)12(18)9-4-3-8(13)6-10(9)14/h3-4,6-7H,2,5H2,1H3. The summed E-state index contributed by atoms with van der Waals surface area (Å²) in [7, 11) is 0. The third-order valence-electron chi connectivity index (χ3n) is 2.46. The van der Waals surface area contributed by atoms with E-state index in [4.69, 9.17) is 11.6 Å². The summed E-state index contributed by atoms with van der Waals surface area (Å²) in [5, 5.41) is 8.08. The van der Waals surface area contributed by atoms with Crippen LogP contribution in [0.15, 0.2) is 28.9 Å². The SMILES string of the molecule is CCCn1nncc1C(=O)c1ccc(Br)cc1Cl. The molecular weight excluding hydrogens is 318 g/mol. The summed E-state index contributed by atoms with van der Waals surface area (Å²) in [6.45, 7) is 2.68. The molecule has 18 heavy (non-hydrogen) atoms. The van der Waals surface area contributed by atoms with E-state index in [-0.39, 0.29) is 5.78 Å². The fraction of sp³-hybridized carbons (Fsp3) is 0.250. The normalized spacial score (nSPS) is 10.6. The van der Waals surface area contributed by atoms with Gasteiger partial charge >= 0.3 is 0 Å². The molecule has 1 aromatic carbocycles. The number of hydrogen-bond acceptors (Lipinski definition) is 3. The van der Waals surface area contributed by atoms with Crippen LogP contribution in [0.3, 0.4) is 0 Å². The van der Waals surface area contributed by atoms with E-state index in [0.717, 1.165) is 10.9 Å². The minimum absolute atomic E-state index is 0.161. The van der Waals surface area contributed by atoms with E-state index in [0.29, 0.717) is 22.8 Å². The molecule has 0 N–H and O–H groups in total. The van der Waals surface area contributed by atoms with Crippen LogP contribution in [0, 0.1) is 0 Å². The van der Waals surface area contributed by atoms with Gasteiger partial charge in [-0.15, -0.1) is 5.10 Å². The molecule has 0 radical (unpaired) electrons. The van der Waals surface area contributed by atoms with Crippen LogP contribution in [0.25, 0.3) is 0 Å². The quantitative estimate of drug-likeness (QED) is 0.809. The lowest BCUT2D eigenvalue weighted by atomic mass is 10.1. The maximum absolute atomic E-state index is 12.3. The van der Waals surface area contributed by atoms with E-state index in [2.05, 4.69) is 26.2 Å². The summed E-state index contributed by atoms with van der Waals surface area (Å²) in [5.74, 6) is -0.161. The summed E-state index contributed by atoms with van der Waals surface area (Å²) < 4.78 is 2.44. The maximum Gasteiger partial charge on any atom is 0.214 e. The lowest BCUT2D eigenvalue weighted by Gasteiger charge is -2.05. The van der Waals surface area contributed by atoms with Gasteiger partial charge in [0.1, 0.15) is 5.69 Å². The van der Waals surface area contributed by atoms with Crippen molar-refractivity contribution in [2.45, 2.75) is 19.9 Å². The van der Waals surface area contributed by atoms with Gasteiger partial charge in [0, 0.05) is 16.6 Å². The highest BCUT2D eigenvalue weighted by atomic mass is 79.9. The number of nitrogens with zero attached hydrogens (tertiary/aromatic N) is 3. The van der Waals surface area contributed by atoms with Crippen LogP contribution in [0.1, 0.15) is 29.4 Å². The topological polar surface area (TPSA) is 47.8 Å². The summed E-state index contributed by atoms with van der Waals surface area (Å²) in [6, 6.07) is 5.17. The highest BCUT2D eigenvalue weighted by Gasteiger charge is 2.17. The molecule has 0 aliphatic rings. The third-order valence-corrected chi connectivity index (χ3v) is 3.27. The first-order valence-corrected chi connectivity index (χ1v) is 6.68. The molecule has 0 atom stereocenters. The first-order valence-electron chi connectivity index (χ1n) is 5.51. The minimum Gasteiger partial charge on any atom is -0.287 e. The fourth-order valence-corrected chi connectivity index (χ4v) is 2.38. The van der Waals surface area contributed by atoms with Crippen LogP contribution in [0.2, 0.25) is 5.02 Å². The largest absolute Gasteiger partial charge is 0.287 e. The van der Waals surface area contributed by atoms with Gasteiger partial charge < -0.3 is 0 Å². The average molecular weight is 329 g/mol. The van der Waals surface area contributed by atoms with Crippen LogP contribution < -0.4 is 0 Å². The van der Waals surface area contributed by atoms with Crippen molar-refractivity contribution in [3.63, 3.8) is 0 Å². The average Bonchev–Trinajstić information content (AvgIpc) is 2.77. The van der Waals surface area contributed by atoms with Gasteiger partial charge in [-0.3, -0.25) is 4.79 Å². The van der Waals surface area contributed by atoms with Crippen molar-refractivity contribution in [2.24, 2.45) is 0 Å². The summed E-state index contributed by atoms with van der Waals surface area (Å²) in [5.41, 5.74) is 0.917. The first-order chi connectivity index (χ1) is 8.63. The Morgan fingerprint density at radius 3 is 2.94 bits per heavy atom. The van der Waals surface area contributed by atoms with Crippen molar-refractivity contribution in [1.82, 2.24) is 15.0 Å². The predicted molar refractivity (Wildman–Crippen MR) is 72.9 cm³/mol. The number of carbonyl (C=O) groups excluding carboxylic acids is 1. The second kappa shape index (κ2) is 5.63. The van der Waals surface area contributed by atoms with Crippen molar-refractivity contribution in [3.8, 4) is 0 Å². The van der Waals surface area contributed by atoms with Gasteiger partial charge in [0.05, 0.1) is 11.2 Å². The minimum atomic E-state index is -0.161. The van der Waals surface area contributed by atoms with E-state index < -0.39 is 0 Å². The van der Waals surface area contributed by atoms with Gasteiger partial charge in [0.2, 0.25) is 5.78 Å². The fourth-order valence-electron chi connectivity index (χ4n) is 1.62. The molecule has 0 spiro atoms. The summed E-state index contributed by atoms with van der Waals surface area (Å²) >= 11 is 9.38. The van der Waals surface area contributed by atoms with Gasteiger partial charge in [-0.05, 0) is 24.6 Å². The number of aryl methyl sites for hydroxylation is 1. The highest BCUT2D eigenvalue weighted by molar-refractivity contribution is 9.10. The molecule has 4 nitrogen and oxygen atoms in total. The predicted octanol–water partition coefficient (Wildman–Crippen LogP) is 3.34. The van der Waals surface area contributed by atoms with Crippen molar-refractivity contribution in [2.75, 3.05) is 0 Å². The Labute approximate surface area is 118 Å². The van der Waals surface area contributed by atoms with E-state index in [1.54, 1.807) is 22.9 Å². The maximum atomic E-state index is 12.3. The second-order valence-electron chi connectivity index (χ2n) is 3.80. The Hall–Kier alpha value is -1.20. The molecule has 0 saturated heterocycles. The van der Waals surface area contributed by atoms with Gasteiger partial charge in [-0.1, -0.05) is 39.7 Å². The molecular formula is C12H11BrClN3O. The highest BCUT2D eigenvalue weighted by Crippen LogP contribution is 2.23. The zero-order valence-electron chi connectivity index (χ0n) is 9.73. The van der Waals surface area contributed by atoms with Crippen LogP contribution in [0.4, 0.5) is 0 Å². The van der Waals surface area contributed by atoms with Crippen LogP contribution in [-0.2, 0) is 6.54 Å². The van der Waals surface area contributed by atoms with Crippen molar-refractivity contribution >= 4 is 33.3 Å². The molecule has 1 heterocycles. The molecule has 0 saturated carbocycles. The van der Waals surface area contributed by atoms with E-state index in [1.165, 1.54) is 6.20 Å². The Balaban J connectivity index is 2.38. The molecule has 0 bridgehead atoms. The zero-order valence-corrected chi connectivity index (χ0v) is 12.1. The summed E-state index contributed by atoms with van der Waals surface area (Å²) in [4.78, 5) is 12.3. The van der Waals surface area contributed by atoms with Crippen molar-refractivity contribution in [3.05, 3.63) is 45.1 Å². The molecule has 0 amide bonds. The smallest absolute Gasteiger partial charge is 0.214 e. The molecule has 2 aromatic rings. The molecule has 0 fully saturated rings. The number of aromatic nitrogens is 3. The summed E-state index contributed by atoms with van der Waals surface area (Å²) in [6.07, 6.45) is 2.36. The lowest BCUT2D eigenvalue weighted by Crippen LogP contribution is -2.11. The monoisotopic (exact) mass is 327 g/mol. The molecule has 0 aliphatic heterocycles. The van der Waals surface area contributed by atoms with Crippen molar-refractivity contribution < 1.29 is 4.79 Å². The molecule has 94 valence electrons. The number of hydrogen-bond donors (Lipinski definition) is 0. The lowest BCUT2D eigenvalue weighted by molar-refractivity contribution is 0.102. The second-order valence-corrected chi connectivity index (χ2v) is 5.12. The number of rotatable bonds is 4. The molecule has 2 rings (SSSR count). The number of carbonyl (C=O) groups is 1. The zero-order chi connectivity index (χ0) is 13.1. The van der Waals surface area contributed by atoms with Crippen molar-refractivity contribution in [1.29, 1.82) is 0 Å². The van der Waals surface area contributed by atoms with Crippen LogP contribution >= 0.6 is 27.5 Å². The molecule has 1 aromatic heterocycles. The van der Waals surface area contributed by atoms with Crippen LogP contribution in [0.5, 0.6) is 0 Å². The third kappa shape index (κ3) is 2.62. The molecule has 0 aliphatic carbocycles. The molecule has 6 heteroatoms. The van der Waals surface area contributed by atoms with E-state index >= 15 is 0 Å². The van der Waals surface area contributed by atoms with Gasteiger partial charge in [-0.2, -0.15) is 0 Å². The van der Waals surface area contributed by atoms with Gasteiger partial charge in [0.15, 0.2) is 0 Å². The van der Waals surface area contributed by atoms with E-state index in [9.17, 15) is 4.79 Å². The number of ketones is 1. The Bertz CT molecular complexity index is 582.